The van der Waals surface area contributed by atoms with Crippen LogP contribution in [0.5, 0.6) is 0 Å². The molecule has 1 atom stereocenters. The molecule has 2 aliphatic carbocycles. The third-order valence-corrected chi connectivity index (χ3v) is 5.41. The summed E-state index contributed by atoms with van der Waals surface area (Å²) in [6.07, 6.45) is 9.04. The van der Waals surface area contributed by atoms with Gasteiger partial charge >= 0.3 is 0 Å². The number of allylic oxidation sites excluding steroid dienone is 2. The first-order valence-corrected chi connectivity index (χ1v) is 8.30. The van der Waals surface area contributed by atoms with Crippen LogP contribution in [0.2, 0.25) is 0 Å². The minimum Gasteiger partial charge on any atom is -0.348 e. The summed E-state index contributed by atoms with van der Waals surface area (Å²) < 4.78 is 11.5. The van der Waals surface area contributed by atoms with Gasteiger partial charge in [-0.1, -0.05) is 11.6 Å². The Morgan fingerprint density at radius 1 is 1.24 bits per heavy atom. The summed E-state index contributed by atoms with van der Waals surface area (Å²) in [5.41, 5.74) is 1.43. The van der Waals surface area contributed by atoms with Crippen LogP contribution in [-0.2, 0) is 14.3 Å². The van der Waals surface area contributed by atoms with Gasteiger partial charge in [-0.3, -0.25) is 4.79 Å². The van der Waals surface area contributed by atoms with Crippen LogP contribution in [0.25, 0.3) is 0 Å². The Kier molecular flexibility index (Phi) is 4.36. The van der Waals surface area contributed by atoms with E-state index in [0.717, 1.165) is 44.9 Å². The number of rotatable bonds is 2. The van der Waals surface area contributed by atoms with Crippen LogP contribution in [0.15, 0.2) is 11.6 Å². The lowest BCUT2D eigenvalue weighted by Gasteiger charge is -2.40. The SMILES string of the molecule is CC1=CC[C@H](C(=O)N(C)C2CCC3(CC2)OCCO3)CC1. The smallest absolute Gasteiger partial charge is 0.225 e. The molecule has 1 spiro atoms. The molecule has 1 heterocycles. The fourth-order valence-corrected chi connectivity index (χ4v) is 3.87. The Hall–Kier alpha value is -0.870. The van der Waals surface area contributed by atoms with Crippen molar-refractivity contribution in [3.63, 3.8) is 0 Å². The maximum atomic E-state index is 12.7. The van der Waals surface area contributed by atoms with Crippen LogP contribution < -0.4 is 0 Å². The number of nitrogens with zero attached hydrogens (tertiary/aromatic N) is 1. The number of carbonyl (C=O) groups is 1. The molecule has 2 fully saturated rings. The van der Waals surface area contributed by atoms with E-state index in [-0.39, 0.29) is 11.7 Å². The molecule has 1 aliphatic heterocycles. The third-order valence-electron chi connectivity index (χ3n) is 5.41. The second kappa shape index (κ2) is 6.09. The van der Waals surface area contributed by atoms with E-state index in [4.69, 9.17) is 9.47 Å². The minimum atomic E-state index is -0.328. The molecule has 1 amide bonds. The predicted molar refractivity (Wildman–Crippen MR) is 80.8 cm³/mol. The van der Waals surface area contributed by atoms with Crippen LogP contribution in [0.4, 0.5) is 0 Å². The minimum absolute atomic E-state index is 0.188. The van der Waals surface area contributed by atoms with E-state index < -0.39 is 0 Å². The molecule has 0 aromatic carbocycles. The zero-order valence-electron chi connectivity index (χ0n) is 13.3. The van der Waals surface area contributed by atoms with E-state index in [0.29, 0.717) is 25.2 Å². The van der Waals surface area contributed by atoms with Gasteiger partial charge in [0.1, 0.15) is 0 Å². The summed E-state index contributed by atoms with van der Waals surface area (Å²) in [6, 6.07) is 0.350. The fraction of sp³-hybridized carbons (Fsp3) is 0.824. The van der Waals surface area contributed by atoms with Crippen molar-refractivity contribution in [1.82, 2.24) is 4.90 Å². The summed E-state index contributed by atoms with van der Waals surface area (Å²) in [5, 5.41) is 0. The molecule has 1 saturated carbocycles. The Balaban J connectivity index is 1.54. The number of ether oxygens (including phenoxy) is 2. The van der Waals surface area contributed by atoms with E-state index in [2.05, 4.69) is 13.0 Å². The van der Waals surface area contributed by atoms with Gasteiger partial charge in [0.05, 0.1) is 13.2 Å². The molecule has 4 heteroatoms. The first-order valence-electron chi connectivity index (χ1n) is 8.30. The molecule has 0 radical (unpaired) electrons. The number of hydrogen-bond acceptors (Lipinski definition) is 3. The summed E-state index contributed by atoms with van der Waals surface area (Å²) >= 11 is 0. The molecule has 0 aromatic rings. The van der Waals surface area contributed by atoms with Crippen molar-refractivity contribution in [3.8, 4) is 0 Å². The van der Waals surface area contributed by atoms with Gasteiger partial charge in [-0.25, -0.2) is 0 Å². The van der Waals surface area contributed by atoms with Crippen LogP contribution >= 0.6 is 0 Å². The highest BCUT2D eigenvalue weighted by Gasteiger charge is 2.42. The molecular formula is C17H27NO3. The maximum Gasteiger partial charge on any atom is 0.225 e. The molecule has 3 aliphatic rings. The lowest BCUT2D eigenvalue weighted by molar-refractivity contribution is -0.185. The summed E-state index contributed by atoms with van der Waals surface area (Å²) in [6.45, 7) is 3.59. The quantitative estimate of drug-likeness (QED) is 0.735. The van der Waals surface area contributed by atoms with Crippen LogP contribution in [-0.4, -0.2) is 42.9 Å². The largest absolute Gasteiger partial charge is 0.348 e. The van der Waals surface area contributed by atoms with Gasteiger partial charge < -0.3 is 14.4 Å². The highest BCUT2D eigenvalue weighted by molar-refractivity contribution is 5.79. The lowest BCUT2D eigenvalue weighted by Crippen LogP contribution is -2.46. The molecule has 0 bridgehead atoms. The van der Waals surface area contributed by atoms with E-state index in [1.54, 1.807) is 0 Å². The van der Waals surface area contributed by atoms with Crippen molar-refractivity contribution in [1.29, 1.82) is 0 Å². The van der Waals surface area contributed by atoms with Crippen molar-refractivity contribution >= 4 is 5.91 Å². The standard InChI is InChI=1S/C17H27NO3/c1-13-3-5-14(6-4-13)16(19)18(2)15-7-9-17(10-8-15)20-11-12-21-17/h3,14-15H,4-12H2,1-2H3/t14-/m0/s1. The van der Waals surface area contributed by atoms with Gasteiger partial charge in [0.25, 0.3) is 0 Å². The molecular weight excluding hydrogens is 266 g/mol. The number of hydrogen-bond donors (Lipinski definition) is 0. The summed E-state index contributed by atoms with van der Waals surface area (Å²) in [4.78, 5) is 14.7. The topological polar surface area (TPSA) is 38.8 Å². The zero-order valence-corrected chi connectivity index (χ0v) is 13.3. The van der Waals surface area contributed by atoms with E-state index >= 15 is 0 Å². The van der Waals surface area contributed by atoms with Gasteiger partial charge in [0.2, 0.25) is 5.91 Å². The van der Waals surface area contributed by atoms with Crippen molar-refractivity contribution in [2.45, 2.75) is 63.7 Å². The zero-order chi connectivity index (χ0) is 14.9. The van der Waals surface area contributed by atoms with E-state index in [1.165, 1.54) is 5.57 Å². The second-order valence-corrected chi connectivity index (χ2v) is 6.81. The van der Waals surface area contributed by atoms with Crippen molar-refractivity contribution < 1.29 is 14.3 Å². The van der Waals surface area contributed by atoms with Gasteiger partial charge in [0.15, 0.2) is 5.79 Å². The summed E-state index contributed by atoms with van der Waals surface area (Å²) in [5.74, 6) is 0.187. The lowest BCUT2D eigenvalue weighted by atomic mass is 9.86. The molecule has 0 N–H and O–H groups in total. The third kappa shape index (κ3) is 3.16. The van der Waals surface area contributed by atoms with E-state index in [9.17, 15) is 4.79 Å². The number of amides is 1. The average molecular weight is 293 g/mol. The Bertz CT molecular complexity index is 416. The van der Waals surface area contributed by atoms with Crippen LogP contribution in [0.1, 0.15) is 51.9 Å². The number of carbonyl (C=O) groups excluding carboxylic acids is 1. The molecule has 3 rings (SSSR count). The first-order chi connectivity index (χ1) is 10.1. The maximum absolute atomic E-state index is 12.7. The highest BCUT2D eigenvalue weighted by atomic mass is 16.7. The molecule has 1 saturated heterocycles. The van der Waals surface area contributed by atoms with E-state index in [1.807, 2.05) is 11.9 Å². The summed E-state index contributed by atoms with van der Waals surface area (Å²) in [7, 11) is 1.98. The van der Waals surface area contributed by atoms with Crippen molar-refractivity contribution in [3.05, 3.63) is 11.6 Å². The average Bonchev–Trinajstić information content (AvgIpc) is 2.96. The van der Waals surface area contributed by atoms with Crippen molar-refractivity contribution in [2.75, 3.05) is 20.3 Å². The fourth-order valence-electron chi connectivity index (χ4n) is 3.87. The molecule has 4 nitrogen and oxygen atoms in total. The monoisotopic (exact) mass is 293 g/mol. The Labute approximate surface area is 127 Å². The van der Waals surface area contributed by atoms with Gasteiger partial charge in [-0.15, -0.1) is 0 Å². The normalized spacial score (nSPS) is 29.4. The van der Waals surface area contributed by atoms with Crippen LogP contribution in [0, 0.1) is 5.92 Å². The second-order valence-electron chi connectivity index (χ2n) is 6.81. The Morgan fingerprint density at radius 2 is 1.90 bits per heavy atom. The Morgan fingerprint density at radius 3 is 2.48 bits per heavy atom. The molecule has 21 heavy (non-hydrogen) atoms. The van der Waals surface area contributed by atoms with Gasteiger partial charge in [-0.05, 0) is 39.0 Å². The molecule has 118 valence electrons. The van der Waals surface area contributed by atoms with Gasteiger partial charge in [-0.2, -0.15) is 0 Å². The van der Waals surface area contributed by atoms with Crippen LogP contribution in [0.3, 0.4) is 0 Å². The molecule has 0 aromatic heterocycles. The van der Waals surface area contributed by atoms with Gasteiger partial charge in [0, 0.05) is 31.8 Å². The first kappa shape index (κ1) is 15.0. The predicted octanol–water partition coefficient (Wildman–Crippen LogP) is 2.88. The molecule has 0 unspecified atom stereocenters. The van der Waals surface area contributed by atoms with Crippen molar-refractivity contribution in [2.24, 2.45) is 5.92 Å². The highest BCUT2D eigenvalue weighted by Crippen LogP contribution is 2.37.